The molecule has 12 heteroatoms. The summed E-state index contributed by atoms with van der Waals surface area (Å²) >= 11 is 0. The van der Waals surface area contributed by atoms with Crippen LogP contribution < -0.4 is 9.47 Å². The van der Waals surface area contributed by atoms with Gasteiger partial charge in [-0.1, -0.05) is 0 Å². The van der Waals surface area contributed by atoms with Crippen LogP contribution in [0.3, 0.4) is 0 Å². The second kappa shape index (κ2) is 11.1. The summed E-state index contributed by atoms with van der Waals surface area (Å²) in [6.07, 6.45) is -1.70. The molecule has 34 heavy (non-hydrogen) atoms. The molecule has 2 atom stereocenters. The minimum Gasteiger partial charge on any atom is -0.491 e. The van der Waals surface area contributed by atoms with Gasteiger partial charge >= 0.3 is 11.9 Å². The Morgan fingerprint density at radius 2 is 1.00 bits per heavy atom. The predicted octanol–water partition coefficient (Wildman–Crippen LogP) is 5.11. The van der Waals surface area contributed by atoms with Crippen molar-refractivity contribution in [2.24, 2.45) is 0 Å². The number of carbonyl (C=O) groups excluding carboxylic acids is 2. The predicted molar refractivity (Wildman–Crippen MR) is 105 cm³/mol. The molecule has 0 saturated carbocycles. The van der Waals surface area contributed by atoms with Gasteiger partial charge in [0.05, 0.1) is 26.4 Å². The Kier molecular flexibility index (Phi) is 8.77. The van der Waals surface area contributed by atoms with E-state index in [-0.39, 0.29) is 12.8 Å². The number of hydrogen-bond donors (Lipinski definition) is 0. The molecule has 2 rings (SSSR count). The minimum atomic E-state index is -1.60. The van der Waals surface area contributed by atoms with E-state index in [4.69, 9.17) is 9.47 Å². The van der Waals surface area contributed by atoms with E-state index in [2.05, 4.69) is 9.47 Å². The SMILES string of the molecule is COc1c(F)c(F)cc(C(=O)OC(C)CCC(C)OC(=O)c2cc(F)c(F)c(OC)c2F)c1F. The van der Waals surface area contributed by atoms with Crippen molar-refractivity contribution in [1.29, 1.82) is 0 Å². The maximum Gasteiger partial charge on any atom is 0.341 e. The van der Waals surface area contributed by atoms with Crippen LogP contribution in [0.15, 0.2) is 12.1 Å². The van der Waals surface area contributed by atoms with Gasteiger partial charge in [-0.2, -0.15) is 8.78 Å². The number of benzene rings is 2. The maximum absolute atomic E-state index is 14.2. The van der Waals surface area contributed by atoms with Gasteiger partial charge in [0.1, 0.15) is 11.1 Å². The molecule has 0 spiro atoms. The van der Waals surface area contributed by atoms with E-state index < -0.39 is 81.7 Å². The Labute approximate surface area is 190 Å². The third kappa shape index (κ3) is 5.72. The van der Waals surface area contributed by atoms with Gasteiger partial charge in [-0.3, -0.25) is 0 Å². The first kappa shape index (κ1) is 26.8. The Hall–Kier alpha value is -3.44. The van der Waals surface area contributed by atoms with Crippen LogP contribution in [0.25, 0.3) is 0 Å². The maximum atomic E-state index is 14.2. The zero-order valence-corrected chi connectivity index (χ0v) is 18.4. The summed E-state index contributed by atoms with van der Waals surface area (Å²) < 4.78 is 101. The molecule has 0 radical (unpaired) electrons. The van der Waals surface area contributed by atoms with Crippen LogP contribution in [0.1, 0.15) is 47.4 Å². The zero-order chi connectivity index (χ0) is 25.7. The van der Waals surface area contributed by atoms with E-state index in [9.17, 15) is 35.9 Å². The van der Waals surface area contributed by atoms with Gasteiger partial charge in [-0.25, -0.2) is 27.2 Å². The Morgan fingerprint density at radius 1 is 0.676 bits per heavy atom. The molecule has 186 valence electrons. The lowest BCUT2D eigenvalue weighted by atomic mass is 10.1. The van der Waals surface area contributed by atoms with Crippen LogP contribution >= 0.6 is 0 Å². The molecular weight excluding hydrogens is 474 g/mol. The quantitative estimate of drug-likeness (QED) is 0.274. The second-order valence-corrected chi connectivity index (χ2v) is 7.14. The Bertz CT molecular complexity index is 1010. The molecule has 0 aliphatic rings. The van der Waals surface area contributed by atoms with E-state index in [1.165, 1.54) is 13.8 Å². The van der Waals surface area contributed by atoms with E-state index >= 15 is 0 Å². The highest BCUT2D eigenvalue weighted by molar-refractivity contribution is 5.91. The highest BCUT2D eigenvalue weighted by Gasteiger charge is 2.27. The fraction of sp³-hybridized carbons (Fsp3) is 0.364. The van der Waals surface area contributed by atoms with Gasteiger partial charge < -0.3 is 18.9 Å². The second-order valence-electron chi connectivity index (χ2n) is 7.14. The molecule has 0 heterocycles. The molecule has 0 saturated heterocycles. The lowest BCUT2D eigenvalue weighted by Gasteiger charge is -2.18. The van der Waals surface area contributed by atoms with Crippen molar-refractivity contribution in [2.45, 2.75) is 38.9 Å². The van der Waals surface area contributed by atoms with E-state index in [1.54, 1.807) is 0 Å². The molecule has 0 aliphatic carbocycles. The van der Waals surface area contributed by atoms with Crippen molar-refractivity contribution in [3.8, 4) is 11.5 Å². The number of halogens is 6. The fourth-order valence-corrected chi connectivity index (χ4v) is 2.90. The van der Waals surface area contributed by atoms with Gasteiger partial charge in [0, 0.05) is 0 Å². The van der Waals surface area contributed by atoms with Crippen LogP contribution in [0.2, 0.25) is 0 Å². The number of ether oxygens (including phenoxy) is 4. The van der Waals surface area contributed by atoms with Gasteiger partial charge in [0.15, 0.2) is 34.8 Å². The zero-order valence-electron chi connectivity index (χ0n) is 18.4. The lowest BCUT2D eigenvalue weighted by molar-refractivity contribution is 0.0180. The summed E-state index contributed by atoms with van der Waals surface area (Å²) in [6.45, 7) is 2.81. The summed E-state index contributed by atoms with van der Waals surface area (Å²) in [5.74, 6) is -13.9. The number of hydrogen-bond acceptors (Lipinski definition) is 6. The highest BCUT2D eigenvalue weighted by Crippen LogP contribution is 2.29. The summed E-state index contributed by atoms with van der Waals surface area (Å²) in [4.78, 5) is 24.3. The van der Waals surface area contributed by atoms with Crippen molar-refractivity contribution in [3.05, 3.63) is 58.2 Å². The molecule has 0 aliphatic heterocycles. The fourth-order valence-electron chi connectivity index (χ4n) is 2.90. The summed E-state index contributed by atoms with van der Waals surface area (Å²) in [5, 5.41) is 0. The molecule has 0 amide bonds. The monoisotopic (exact) mass is 494 g/mol. The largest absolute Gasteiger partial charge is 0.491 e. The first-order chi connectivity index (χ1) is 15.9. The smallest absolute Gasteiger partial charge is 0.341 e. The van der Waals surface area contributed by atoms with Crippen LogP contribution in [0.5, 0.6) is 11.5 Å². The molecule has 0 bridgehead atoms. The van der Waals surface area contributed by atoms with Crippen LogP contribution in [-0.2, 0) is 9.47 Å². The van der Waals surface area contributed by atoms with E-state index in [0.717, 1.165) is 14.2 Å². The number of methoxy groups -OCH3 is 2. The van der Waals surface area contributed by atoms with Gasteiger partial charge in [0.2, 0.25) is 11.6 Å². The molecule has 2 aromatic carbocycles. The van der Waals surface area contributed by atoms with Crippen LogP contribution in [0.4, 0.5) is 26.3 Å². The van der Waals surface area contributed by atoms with Gasteiger partial charge in [0.25, 0.3) is 0 Å². The van der Waals surface area contributed by atoms with Crippen molar-refractivity contribution in [1.82, 2.24) is 0 Å². The average Bonchev–Trinajstić information content (AvgIpc) is 2.78. The molecule has 6 nitrogen and oxygen atoms in total. The van der Waals surface area contributed by atoms with E-state index in [1.807, 2.05) is 0 Å². The average molecular weight is 494 g/mol. The van der Waals surface area contributed by atoms with Crippen molar-refractivity contribution in [2.75, 3.05) is 14.2 Å². The molecule has 2 unspecified atom stereocenters. The van der Waals surface area contributed by atoms with Crippen molar-refractivity contribution in [3.63, 3.8) is 0 Å². The van der Waals surface area contributed by atoms with E-state index in [0.29, 0.717) is 12.1 Å². The lowest BCUT2D eigenvalue weighted by Crippen LogP contribution is -2.21. The number of esters is 2. The van der Waals surface area contributed by atoms with Crippen molar-refractivity contribution < 1.29 is 54.9 Å². The molecular formula is C22H20F6O6. The third-order valence-corrected chi connectivity index (χ3v) is 4.68. The highest BCUT2D eigenvalue weighted by atomic mass is 19.2. The van der Waals surface area contributed by atoms with Crippen LogP contribution in [-0.4, -0.2) is 38.4 Å². The number of rotatable bonds is 9. The minimum absolute atomic E-state index is 0.0478. The summed E-state index contributed by atoms with van der Waals surface area (Å²) in [7, 11) is 1.78. The third-order valence-electron chi connectivity index (χ3n) is 4.68. The first-order valence-electron chi connectivity index (χ1n) is 9.77. The Morgan fingerprint density at radius 3 is 1.29 bits per heavy atom. The Balaban J connectivity index is 1.99. The standard InChI is InChI=1S/C22H20F6O6/c1-9(33-21(29)11-7-13(23)17(27)19(31-3)15(11)25)5-6-10(2)34-22(30)12-8-14(24)18(28)20(32-4)16(12)26/h7-10H,5-6H2,1-4H3. The van der Waals surface area contributed by atoms with Gasteiger partial charge in [-0.15, -0.1) is 0 Å². The topological polar surface area (TPSA) is 71.1 Å². The molecule has 0 N–H and O–H groups in total. The molecule has 0 fully saturated rings. The van der Waals surface area contributed by atoms with Crippen molar-refractivity contribution >= 4 is 11.9 Å². The summed E-state index contributed by atoms with van der Waals surface area (Å²) in [6, 6.07) is 0.661. The normalized spacial score (nSPS) is 12.6. The first-order valence-corrected chi connectivity index (χ1v) is 9.77. The summed E-state index contributed by atoms with van der Waals surface area (Å²) in [5.41, 5.74) is -1.77. The van der Waals surface area contributed by atoms with Crippen LogP contribution in [0, 0.1) is 34.9 Å². The number of carbonyl (C=O) groups is 2. The molecule has 2 aromatic rings. The molecule has 0 aromatic heterocycles. The van der Waals surface area contributed by atoms with Gasteiger partial charge in [-0.05, 0) is 38.8 Å².